The van der Waals surface area contributed by atoms with E-state index in [1.165, 1.54) is 5.56 Å². The maximum absolute atomic E-state index is 12.3. The van der Waals surface area contributed by atoms with Gasteiger partial charge in [0.05, 0.1) is 6.61 Å². The van der Waals surface area contributed by atoms with E-state index < -0.39 is 10.8 Å². The van der Waals surface area contributed by atoms with Crippen LogP contribution >= 0.6 is 0 Å². The molecule has 3 atom stereocenters. The lowest BCUT2D eigenvalue weighted by molar-refractivity contribution is 0.0513. The third-order valence-corrected chi connectivity index (χ3v) is 8.41. The van der Waals surface area contributed by atoms with Crippen molar-refractivity contribution in [1.29, 1.82) is 0 Å². The van der Waals surface area contributed by atoms with Gasteiger partial charge in [0.25, 0.3) is 0 Å². The van der Waals surface area contributed by atoms with Gasteiger partial charge in [-0.05, 0) is 56.7 Å². The Morgan fingerprint density at radius 1 is 1.23 bits per heavy atom. The summed E-state index contributed by atoms with van der Waals surface area (Å²) in [5.41, 5.74) is 1.33. The first-order valence-corrected chi connectivity index (χ1v) is 13.1. The summed E-state index contributed by atoms with van der Waals surface area (Å²) in [7, 11) is 1.11. The molecule has 1 aliphatic carbocycles. The molecule has 1 aromatic carbocycles. The molecule has 1 saturated carbocycles. The fourth-order valence-corrected chi connectivity index (χ4v) is 6.14. The zero-order valence-electron chi connectivity index (χ0n) is 19.3. The van der Waals surface area contributed by atoms with Crippen molar-refractivity contribution in [3.8, 4) is 5.75 Å². The Hall–Kier alpha value is -1.60. The fourth-order valence-electron chi connectivity index (χ4n) is 4.79. The summed E-state index contributed by atoms with van der Waals surface area (Å²) < 4.78 is 23.6. The predicted molar refractivity (Wildman–Crippen MR) is 129 cm³/mol. The first kappa shape index (κ1) is 24.1. The van der Waals surface area contributed by atoms with Gasteiger partial charge in [-0.1, -0.05) is 25.5 Å². The van der Waals surface area contributed by atoms with Crippen molar-refractivity contribution in [2.75, 3.05) is 39.2 Å². The third-order valence-electron chi connectivity index (χ3n) is 6.67. The summed E-state index contributed by atoms with van der Waals surface area (Å²) in [6.45, 7) is 7.05. The zero-order valence-corrected chi connectivity index (χ0v) is 20.1. The Morgan fingerprint density at radius 2 is 1.97 bits per heavy atom. The van der Waals surface area contributed by atoms with E-state index >= 15 is 0 Å². The van der Waals surface area contributed by atoms with Crippen LogP contribution in [0.2, 0.25) is 0 Å². The number of aliphatic imine (C=N–C) groups is 1. The highest BCUT2D eigenvalue weighted by molar-refractivity contribution is 7.85. The number of rotatable bonds is 8. The summed E-state index contributed by atoms with van der Waals surface area (Å²) in [6, 6.07) is 8.86. The maximum atomic E-state index is 12.3. The van der Waals surface area contributed by atoms with E-state index in [2.05, 4.69) is 39.9 Å². The predicted octanol–water partition coefficient (Wildman–Crippen LogP) is 3.38. The number of nitrogens with zero attached hydrogens (tertiary/aromatic N) is 1. The van der Waals surface area contributed by atoms with Crippen molar-refractivity contribution in [3.05, 3.63) is 29.8 Å². The summed E-state index contributed by atoms with van der Waals surface area (Å²) in [5, 5.41) is 7.51. The van der Waals surface area contributed by atoms with Crippen molar-refractivity contribution < 1.29 is 13.7 Å². The van der Waals surface area contributed by atoms with E-state index in [0.717, 1.165) is 75.7 Å². The highest BCUT2D eigenvalue weighted by atomic mass is 32.2. The first-order valence-electron chi connectivity index (χ1n) is 11.8. The van der Waals surface area contributed by atoms with Crippen LogP contribution < -0.4 is 15.4 Å². The maximum Gasteiger partial charge on any atom is 0.191 e. The van der Waals surface area contributed by atoms with Crippen LogP contribution in [0.15, 0.2) is 29.3 Å². The van der Waals surface area contributed by atoms with Crippen molar-refractivity contribution in [2.24, 2.45) is 4.99 Å². The lowest BCUT2D eigenvalue weighted by atomic mass is 9.74. The highest BCUT2D eigenvalue weighted by Gasteiger charge is 2.35. The Labute approximate surface area is 190 Å². The van der Waals surface area contributed by atoms with Crippen LogP contribution in [-0.2, 0) is 21.0 Å². The fraction of sp³-hybridized carbons (Fsp3) is 0.708. The molecular weight excluding hydrogens is 410 g/mol. The first-order chi connectivity index (χ1) is 15.1. The summed E-state index contributed by atoms with van der Waals surface area (Å²) >= 11 is 0. The van der Waals surface area contributed by atoms with Crippen molar-refractivity contribution in [3.63, 3.8) is 0 Å². The smallest absolute Gasteiger partial charge is 0.191 e. The zero-order chi connectivity index (χ0) is 22.1. The van der Waals surface area contributed by atoms with E-state index in [9.17, 15) is 4.21 Å². The van der Waals surface area contributed by atoms with E-state index in [1.807, 2.05) is 20.9 Å². The van der Waals surface area contributed by atoms with E-state index in [1.54, 1.807) is 0 Å². The quantitative estimate of drug-likeness (QED) is 0.470. The normalized spacial score (nSPS) is 24.9. The average Bonchev–Trinajstić information content (AvgIpc) is 2.82. The molecule has 6 nitrogen and oxygen atoms in total. The van der Waals surface area contributed by atoms with E-state index in [4.69, 9.17) is 9.47 Å². The number of hydrogen-bond donors (Lipinski definition) is 2. The minimum Gasteiger partial charge on any atom is -0.494 e. The van der Waals surface area contributed by atoms with Crippen LogP contribution in [0.4, 0.5) is 0 Å². The van der Waals surface area contributed by atoms with Gasteiger partial charge in [0, 0.05) is 60.1 Å². The molecule has 0 aromatic heterocycles. The van der Waals surface area contributed by atoms with Gasteiger partial charge in [-0.15, -0.1) is 0 Å². The van der Waals surface area contributed by atoms with Gasteiger partial charge in [0.2, 0.25) is 0 Å². The van der Waals surface area contributed by atoms with Gasteiger partial charge in [-0.25, -0.2) is 0 Å². The summed E-state index contributed by atoms with van der Waals surface area (Å²) in [6.07, 6.45) is 6.22. The summed E-state index contributed by atoms with van der Waals surface area (Å²) in [5.74, 6) is 2.50. The molecule has 2 N–H and O–H groups in total. The molecule has 3 unspecified atom stereocenters. The molecular formula is C24H39N3O3S. The number of guanidine groups is 1. The molecule has 174 valence electrons. The SMILES string of the molecule is CCOc1ccc(C2(CNC(=NC)NC3CCCC(S(=O)CC)C3)CCOCC2)cc1. The largest absolute Gasteiger partial charge is 0.494 e. The molecule has 2 aliphatic rings. The third kappa shape index (κ3) is 6.45. The second-order valence-corrected chi connectivity index (χ2v) is 10.6. The van der Waals surface area contributed by atoms with Gasteiger partial charge in [-0.2, -0.15) is 0 Å². The Balaban J connectivity index is 1.64. The molecule has 2 fully saturated rings. The Bertz CT molecular complexity index is 732. The lowest BCUT2D eigenvalue weighted by Gasteiger charge is -2.39. The lowest BCUT2D eigenvalue weighted by Crippen LogP contribution is -2.51. The van der Waals surface area contributed by atoms with Crippen LogP contribution in [0.3, 0.4) is 0 Å². The molecule has 7 heteroatoms. The second-order valence-electron chi connectivity index (χ2n) is 8.58. The van der Waals surface area contributed by atoms with Gasteiger partial charge in [-0.3, -0.25) is 9.20 Å². The molecule has 1 aromatic rings. The molecule has 31 heavy (non-hydrogen) atoms. The van der Waals surface area contributed by atoms with Gasteiger partial charge >= 0.3 is 0 Å². The van der Waals surface area contributed by atoms with Crippen LogP contribution in [0.5, 0.6) is 5.75 Å². The van der Waals surface area contributed by atoms with Crippen LogP contribution in [-0.4, -0.2) is 60.6 Å². The summed E-state index contributed by atoms with van der Waals surface area (Å²) in [4.78, 5) is 4.49. The van der Waals surface area contributed by atoms with Crippen LogP contribution in [0.1, 0.15) is 57.9 Å². The van der Waals surface area contributed by atoms with Gasteiger partial charge in [0.1, 0.15) is 5.75 Å². The monoisotopic (exact) mass is 449 g/mol. The molecule has 3 rings (SSSR count). The molecule has 0 bridgehead atoms. The van der Waals surface area contributed by atoms with Crippen molar-refractivity contribution in [2.45, 2.75) is 69.1 Å². The number of ether oxygens (including phenoxy) is 2. The Kier molecular flexibility index (Phi) is 9.20. The molecule has 0 radical (unpaired) electrons. The number of benzene rings is 1. The number of hydrogen-bond acceptors (Lipinski definition) is 4. The van der Waals surface area contributed by atoms with Crippen LogP contribution in [0.25, 0.3) is 0 Å². The van der Waals surface area contributed by atoms with Gasteiger partial charge < -0.3 is 20.1 Å². The van der Waals surface area contributed by atoms with E-state index in [0.29, 0.717) is 17.9 Å². The second kappa shape index (κ2) is 11.9. The molecule has 1 aliphatic heterocycles. The van der Waals surface area contributed by atoms with Crippen LogP contribution in [0, 0.1) is 0 Å². The minimum absolute atomic E-state index is 0.0133. The minimum atomic E-state index is -0.718. The average molecular weight is 450 g/mol. The Morgan fingerprint density at radius 3 is 2.61 bits per heavy atom. The van der Waals surface area contributed by atoms with Crippen molar-refractivity contribution in [1.82, 2.24) is 10.6 Å². The standard InChI is InChI=1S/C24H39N3O3S/c1-4-30-21-11-9-19(10-12-21)24(13-15-29-16-14-24)18-26-23(25-3)27-20-7-6-8-22(17-20)31(28)5-2/h9-12,20,22H,4-8,13-18H2,1-3H3,(H2,25,26,27). The molecule has 0 amide bonds. The van der Waals surface area contributed by atoms with Gasteiger partial charge in [0.15, 0.2) is 5.96 Å². The molecule has 1 saturated heterocycles. The van der Waals surface area contributed by atoms with Crippen molar-refractivity contribution >= 4 is 16.8 Å². The number of nitrogens with one attached hydrogen (secondary N) is 2. The topological polar surface area (TPSA) is 72.0 Å². The molecule has 1 heterocycles. The highest BCUT2D eigenvalue weighted by Crippen LogP contribution is 2.35. The molecule has 0 spiro atoms. The van der Waals surface area contributed by atoms with E-state index in [-0.39, 0.29) is 5.41 Å².